The fraction of sp³-hybridized carbons (Fsp3) is 0.900. The summed E-state index contributed by atoms with van der Waals surface area (Å²) in [5, 5.41) is 7.30. The Bertz CT molecular complexity index is 168. The summed E-state index contributed by atoms with van der Waals surface area (Å²) in [6, 6.07) is 0.659. The van der Waals surface area contributed by atoms with Crippen LogP contribution in [0.15, 0.2) is 0 Å². The lowest BCUT2D eigenvalue weighted by Crippen LogP contribution is -2.40. The van der Waals surface area contributed by atoms with E-state index in [4.69, 9.17) is 11.1 Å². The van der Waals surface area contributed by atoms with Gasteiger partial charge in [0.05, 0.1) is 6.54 Å². The molecule has 3 heteroatoms. The first kappa shape index (κ1) is 10.5. The largest absolute Gasteiger partial charge is 0.387 e. The van der Waals surface area contributed by atoms with Gasteiger partial charge < -0.3 is 5.73 Å². The minimum atomic E-state index is 0.306. The maximum atomic E-state index is 7.30. The summed E-state index contributed by atoms with van der Waals surface area (Å²) < 4.78 is 0. The molecule has 0 spiro atoms. The molecule has 0 radical (unpaired) electrons. The van der Waals surface area contributed by atoms with Gasteiger partial charge in [0.25, 0.3) is 0 Å². The average molecular weight is 183 g/mol. The molecule has 1 heterocycles. The van der Waals surface area contributed by atoms with Crippen LogP contribution < -0.4 is 5.73 Å². The Morgan fingerprint density at radius 2 is 2.23 bits per heavy atom. The van der Waals surface area contributed by atoms with Crippen LogP contribution in [0.3, 0.4) is 0 Å². The number of nitrogens with zero attached hydrogens (tertiary/aromatic N) is 1. The first-order chi connectivity index (χ1) is 6.24. The zero-order valence-corrected chi connectivity index (χ0v) is 8.55. The van der Waals surface area contributed by atoms with Crippen molar-refractivity contribution in [2.24, 2.45) is 5.73 Å². The molecule has 3 N–H and O–H groups in total. The number of hydrogen-bond donors (Lipinski definition) is 2. The van der Waals surface area contributed by atoms with Crippen LogP contribution in [0.4, 0.5) is 0 Å². The number of nitrogens with two attached hydrogens (primary N) is 1. The van der Waals surface area contributed by atoms with Crippen molar-refractivity contribution in [3.05, 3.63) is 0 Å². The molecule has 13 heavy (non-hydrogen) atoms. The second-order valence-electron chi connectivity index (χ2n) is 3.91. The molecule has 1 atom stereocenters. The highest BCUT2D eigenvalue weighted by molar-refractivity contribution is 5.78. The normalized spacial score (nSPS) is 25.5. The van der Waals surface area contributed by atoms with E-state index < -0.39 is 0 Å². The smallest absolute Gasteiger partial charge is 0.105 e. The fourth-order valence-electron chi connectivity index (χ4n) is 2.13. The Labute approximate surface area is 80.8 Å². The number of nitrogens with one attached hydrogen (secondary N) is 1. The van der Waals surface area contributed by atoms with Crippen molar-refractivity contribution < 1.29 is 0 Å². The zero-order valence-electron chi connectivity index (χ0n) is 8.55. The van der Waals surface area contributed by atoms with Gasteiger partial charge in [0.15, 0.2) is 0 Å². The Hall–Kier alpha value is -0.570. The molecule has 1 unspecified atom stereocenters. The second-order valence-corrected chi connectivity index (χ2v) is 3.91. The molecule has 0 aromatic carbocycles. The van der Waals surface area contributed by atoms with Gasteiger partial charge in [0.2, 0.25) is 0 Å². The summed E-state index contributed by atoms with van der Waals surface area (Å²) in [6.45, 7) is 4.01. The molecule has 1 rings (SSSR count). The topological polar surface area (TPSA) is 53.1 Å². The highest BCUT2D eigenvalue weighted by Crippen LogP contribution is 2.18. The SMILES string of the molecule is CCC1CCCCCN1CC(=N)N. The van der Waals surface area contributed by atoms with Crippen LogP contribution in [-0.4, -0.2) is 29.9 Å². The van der Waals surface area contributed by atoms with E-state index in [1.807, 2.05) is 0 Å². The van der Waals surface area contributed by atoms with Crippen LogP contribution in [0, 0.1) is 5.41 Å². The maximum absolute atomic E-state index is 7.30. The van der Waals surface area contributed by atoms with Gasteiger partial charge in [-0.2, -0.15) is 0 Å². The third-order valence-corrected chi connectivity index (χ3v) is 2.84. The summed E-state index contributed by atoms with van der Waals surface area (Å²) in [5.41, 5.74) is 5.43. The van der Waals surface area contributed by atoms with Gasteiger partial charge in [-0.25, -0.2) is 0 Å². The van der Waals surface area contributed by atoms with Gasteiger partial charge >= 0.3 is 0 Å². The Morgan fingerprint density at radius 3 is 2.85 bits per heavy atom. The van der Waals surface area contributed by atoms with Crippen LogP contribution in [0.2, 0.25) is 0 Å². The van der Waals surface area contributed by atoms with E-state index in [9.17, 15) is 0 Å². The van der Waals surface area contributed by atoms with Gasteiger partial charge in [-0.3, -0.25) is 10.3 Å². The molecule has 0 aromatic heterocycles. The molecule has 76 valence electrons. The first-order valence-corrected chi connectivity index (χ1v) is 5.31. The van der Waals surface area contributed by atoms with Crippen molar-refractivity contribution in [3.8, 4) is 0 Å². The molecule has 3 nitrogen and oxygen atoms in total. The number of amidine groups is 1. The lowest BCUT2D eigenvalue weighted by Gasteiger charge is -2.28. The van der Waals surface area contributed by atoms with Crippen LogP contribution >= 0.6 is 0 Å². The summed E-state index contributed by atoms with van der Waals surface area (Å²) >= 11 is 0. The Kier molecular flexibility index (Phi) is 4.22. The summed E-state index contributed by atoms with van der Waals surface area (Å²) in [5.74, 6) is 0.306. The van der Waals surface area contributed by atoms with Crippen LogP contribution in [0.25, 0.3) is 0 Å². The van der Waals surface area contributed by atoms with Gasteiger partial charge in [-0.05, 0) is 25.8 Å². The number of likely N-dealkylation sites (tertiary alicyclic amines) is 1. The molecular formula is C10H21N3. The highest BCUT2D eigenvalue weighted by Gasteiger charge is 2.19. The molecule has 1 fully saturated rings. The van der Waals surface area contributed by atoms with Crippen molar-refractivity contribution >= 4 is 5.84 Å². The number of rotatable bonds is 3. The van der Waals surface area contributed by atoms with Crippen LogP contribution in [0.1, 0.15) is 39.0 Å². The van der Waals surface area contributed by atoms with Crippen LogP contribution in [0.5, 0.6) is 0 Å². The van der Waals surface area contributed by atoms with E-state index in [2.05, 4.69) is 11.8 Å². The van der Waals surface area contributed by atoms with Gasteiger partial charge in [-0.15, -0.1) is 0 Å². The zero-order chi connectivity index (χ0) is 9.68. The van der Waals surface area contributed by atoms with Crippen molar-refractivity contribution in [2.45, 2.75) is 45.1 Å². The first-order valence-electron chi connectivity index (χ1n) is 5.31. The summed E-state index contributed by atoms with van der Waals surface area (Å²) in [7, 11) is 0. The molecule has 1 aliphatic heterocycles. The van der Waals surface area contributed by atoms with Crippen LogP contribution in [-0.2, 0) is 0 Å². The highest BCUT2D eigenvalue weighted by atomic mass is 15.2. The summed E-state index contributed by atoms with van der Waals surface area (Å²) in [6.07, 6.45) is 6.42. The molecule has 0 saturated carbocycles. The minimum absolute atomic E-state index is 0.306. The Balaban J connectivity index is 2.48. The molecule has 0 aromatic rings. The Morgan fingerprint density at radius 1 is 1.46 bits per heavy atom. The molecule has 1 aliphatic rings. The lowest BCUT2D eigenvalue weighted by molar-refractivity contribution is 0.222. The van der Waals surface area contributed by atoms with Crippen molar-refractivity contribution in [1.82, 2.24) is 4.90 Å². The van der Waals surface area contributed by atoms with Crippen molar-refractivity contribution in [2.75, 3.05) is 13.1 Å². The molecule has 0 amide bonds. The molecule has 0 aliphatic carbocycles. The van der Waals surface area contributed by atoms with E-state index in [-0.39, 0.29) is 0 Å². The fourth-order valence-corrected chi connectivity index (χ4v) is 2.13. The standard InChI is InChI=1S/C10H21N3/c1-2-9-6-4-3-5-7-13(9)8-10(11)12/h9H,2-8H2,1H3,(H3,11,12). The van der Waals surface area contributed by atoms with E-state index in [0.717, 1.165) is 6.54 Å². The average Bonchev–Trinajstić information content (AvgIpc) is 2.28. The van der Waals surface area contributed by atoms with Gasteiger partial charge in [0, 0.05) is 6.04 Å². The quantitative estimate of drug-likeness (QED) is 0.515. The minimum Gasteiger partial charge on any atom is -0.387 e. The second kappa shape index (κ2) is 5.22. The lowest BCUT2D eigenvalue weighted by atomic mass is 10.1. The maximum Gasteiger partial charge on any atom is 0.105 e. The van der Waals surface area contributed by atoms with E-state index in [0.29, 0.717) is 18.4 Å². The molecule has 0 bridgehead atoms. The van der Waals surface area contributed by atoms with Gasteiger partial charge in [0.1, 0.15) is 5.84 Å². The summed E-state index contributed by atoms with van der Waals surface area (Å²) in [4.78, 5) is 2.37. The molecular weight excluding hydrogens is 162 g/mol. The van der Waals surface area contributed by atoms with Crippen molar-refractivity contribution in [3.63, 3.8) is 0 Å². The molecule has 1 saturated heterocycles. The van der Waals surface area contributed by atoms with E-state index in [1.165, 1.54) is 32.1 Å². The third-order valence-electron chi connectivity index (χ3n) is 2.84. The van der Waals surface area contributed by atoms with E-state index >= 15 is 0 Å². The van der Waals surface area contributed by atoms with Gasteiger partial charge in [-0.1, -0.05) is 19.8 Å². The third kappa shape index (κ3) is 3.35. The predicted octanol–water partition coefficient (Wildman–Crippen LogP) is 1.58. The monoisotopic (exact) mass is 183 g/mol. The predicted molar refractivity (Wildman–Crippen MR) is 56.0 cm³/mol. The van der Waals surface area contributed by atoms with E-state index in [1.54, 1.807) is 0 Å². The number of hydrogen-bond acceptors (Lipinski definition) is 2. The van der Waals surface area contributed by atoms with Crippen molar-refractivity contribution in [1.29, 1.82) is 5.41 Å².